The summed E-state index contributed by atoms with van der Waals surface area (Å²) in [5.41, 5.74) is 1.63. The zero-order valence-electron chi connectivity index (χ0n) is 11.9. The van der Waals surface area contributed by atoms with Crippen molar-refractivity contribution in [1.29, 1.82) is 0 Å². The van der Waals surface area contributed by atoms with Gasteiger partial charge in [0.15, 0.2) is 0 Å². The molecule has 0 saturated carbocycles. The normalized spacial score (nSPS) is 10.3. The molecule has 3 aromatic rings. The van der Waals surface area contributed by atoms with Crippen molar-refractivity contribution in [3.63, 3.8) is 0 Å². The smallest absolute Gasteiger partial charge is 0.270 e. The largest absolute Gasteiger partial charge is 0.506 e. The molecule has 7 heteroatoms. The van der Waals surface area contributed by atoms with Gasteiger partial charge in [-0.05, 0) is 18.2 Å². The van der Waals surface area contributed by atoms with E-state index in [1.54, 1.807) is 48.7 Å². The van der Waals surface area contributed by atoms with E-state index in [0.717, 1.165) is 0 Å². The minimum atomic E-state index is -0.453. The first-order chi connectivity index (χ1) is 11.1. The van der Waals surface area contributed by atoms with E-state index < -0.39 is 4.92 Å². The second-order valence-electron chi connectivity index (χ2n) is 4.72. The van der Waals surface area contributed by atoms with E-state index in [0.29, 0.717) is 16.9 Å². The first-order valence-corrected chi connectivity index (χ1v) is 6.76. The molecule has 0 unspecified atom stereocenters. The SMILES string of the molecule is O=[N+]([O-])c1cccc(-c2ccnc(Nc3ccccc3O)n2)c1. The minimum absolute atomic E-state index is 0.00340. The fraction of sp³-hybridized carbons (Fsp3) is 0. The third-order valence-electron chi connectivity index (χ3n) is 3.16. The van der Waals surface area contributed by atoms with Gasteiger partial charge < -0.3 is 10.4 Å². The second-order valence-corrected chi connectivity index (χ2v) is 4.72. The van der Waals surface area contributed by atoms with Crippen molar-refractivity contribution in [3.8, 4) is 17.0 Å². The summed E-state index contributed by atoms with van der Waals surface area (Å²) in [6, 6.07) is 14.6. The molecular weight excluding hydrogens is 296 g/mol. The number of para-hydroxylation sites is 2. The van der Waals surface area contributed by atoms with E-state index in [2.05, 4.69) is 15.3 Å². The summed E-state index contributed by atoms with van der Waals surface area (Å²) in [7, 11) is 0. The van der Waals surface area contributed by atoms with Crippen molar-refractivity contribution in [2.75, 3.05) is 5.32 Å². The molecule has 0 radical (unpaired) electrons. The molecule has 0 saturated heterocycles. The average Bonchev–Trinajstić information content (AvgIpc) is 2.57. The molecule has 0 aliphatic carbocycles. The third-order valence-corrected chi connectivity index (χ3v) is 3.16. The number of phenolic OH excluding ortho intramolecular Hbond substituents is 1. The van der Waals surface area contributed by atoms with Crippen LogP contribution in [0.4, 0.5) is 17.3 Å². The lowest BCUT2D eigenvalue weighted by Crippen LogP contribution is -1.98. The Morgan fingerprint density at radius 3 is 2.70 bits per heavy atom. The fourth-order valence-electron chi connectivity index (χ4n) is 2.06. The average molecular weight is 308 g/mol. The van der Waals surface area contributed by atoms with Gasteiger partial charge in [-0.3, -0.25) is 10.1 Å². The number of nitro benzene ring substituents is 1. The zero-order valence-corrected chi connectivity index (χ0v) is 11.9. The van der Waals surface area contributed by atoms with Crippen molar-refractivity contribution in [2.24, 2.45) is 0 Å². The Balaban J connectivity index is 1.93. The van der Waals surface area contributed by atoms with Gasteiger partial charge in [-0.15, -0.1) is 0 Å². The summed E-state index contributed by atoms with van der Waals surface area (Å²) < 4.78 is 0. The minimum Gasteiger partial charge on any atom is -0.506 e. The van der Waals surface area contributed by atoms with Crippen LogP contribution in [0.15, 0.2) is 60.8 Å². The Kier molecular flexibility index (Phi) is 3.84. The Bertz CT molecular complexity index is 867. The van der Waals surface area contributed by atoms with Crippen LogP contribution in [-0.2, 0) is 0 Å². The molecule has 0 aliphatic heterocycles. The molecular formula is C16H12N4O3. The quantitative estimate of drug-likeness (QED) is 0.434. The Hall–Kier alpha value is -3.48. The van der Waals surface area contributed by atoms with Crippen LogP contribution in [0.5, 0.6) is 5.75 Å². The first-order valence-electron chi connectivity index (χ1n) is 6.76. The van der Waals surface area contributed by atoms with E-state index in [1.165, 1.54) is 12.1 Å². The highest BCUT2D eigenvalue weighted by atomic mass is 16.6. The number of nitrogens with zero attached hydrogens (tertiary/aromatic N) is 3. The van der Waals surface area contributed by atoms with Crippen LogP contribution in [0.25, 0.3) is 11.3 Å². The maximum atomic E-state index is 10.9. The van der Waals surface area contributed by atoms with E-state index in [9.17, 15) is 15.2 Å². The highest BCUT2D eigenvalue weighted by Crippen LogP contribution is 2.26. The number of hydrogen-bond donors (Lipinski definition) is 2. The Morgan fingerprint density at radius 1 is 1.09 bits per heavy atom. The van der Waals surface area contributed by atoms with Gasteiger partial charge in [0.05, 0.1) is 16.3 Å². The van der Waals surface area contributed by atoms with Crippen LogP contribution in [0, 0.1) is 10.1 Å². The molecule has 0 amide bonds. The second kappa shape index (κ2) is 6.10. The number of phenols is 1. The highest BCUT2D eigenvalue weighted by molar-refractivity contribution is 5.66. The Labute approximate surface area is 131 Å². The van der Waals surface area contributed by atoms with Gasteiger partial charge in [0.1, 0.15) is 5.75 Å². The molecule has 0 spiro atoms. The van der Waals surface area contributed by atoms with E-state index >= 15 is 0 Å². The summed E-state index contributed by atoms with van der Waals surface area (Å²) in [6.45, 7) is 0. The van der Waals surface area contributed by atoms with Crippen molar-refractivity contribution in [3.05, 3.63) is 70.9 Å². The van der Waals surface area contributed by atoms with E-state index in [-0.39, 0.29) is 17.4 Å². The van der Waals surface area contributed by atoms with Crippen LogP contribution in [0.1, 0.15) is 0 Å². The highest BCUT2D eigenvalue weighted by Gasteiger charge is 2.09. The van der Waals surface area contributed by atoms with Gasteiger partial charge >= 0.3 is 0 Å². The molecule has 0 fully saturated rings. The molecule has 114 valence electrons. The molecule has 3 rings (SSSR count). The predicted molar refractivity (Wildman–Crippen MR) is 85.5 cm³/mol. The van der Waals surface area contributed by atoms with Gasteiger partial charge in [0.25, 0.3) is 5.69 Å². The lowest BCUT2D eigenvalue weighted by atomic mass is 10.1. The van der Waals surface area contributed by atoms with Crippen LogP contribution >= 0.6 is 0 Å². The number of aromatic hydroxyl groups is 1. The topological polar surface area (TPSA) is 101 Å². The van der Waals surface area contributed by atoms with Gasteiger partial charge in [0, 0.05) is 23.9 Å². The molecule has 0 atom stereocenters. The van der Waals surface area contributed by atoms with E-state index in [4.69, 9.17) is 0 Å². The standard InChI is InChI=1S/C16H12N4O3/c21-15-7-2-1-6-14(15)19-16-17-9-8-13(18-16)11-4-3-5-12(10-11)20(22)23/h1-10,21H,(H,17,18,19). The van der Waals surface area contributed by atoms with Crippen molar-refractivity contribution in [2.45, 2.75) is 0 Å². The first kappa shape index (κ1) is 14.5. The number of anilines is 2. The van der Waals surface area contributed by atoms with E-state index in [1.807, 2.05) is 0 Å². The number of rotatable bonds is 4. The number of non-ortho nitro benzene ring substituents is 1. The fourth-order valence-corrected chi connectivity index (χ4v) is 2.06. The maximum absolute atomic E-state index is 10.9. The van der Waals surface area contributed by atoms with Crippen molar-refractivity contribution < 1.29 is 10.0 Å². The molecule has 1 aromatic heterocycles. The third kappa shape index (κ3) is 3.24. The Morgan fingerprint density at radius 2 is 1.91 bits per heavy atom. The summed E-state index contributed by atoms with van der Waals surface area (Å²) in [4.78, 5) is 18.8. The monoisotopic (exact) mass is 308 g/mol. The van der Waals surface area contributed by atoms with Crippen LogP contribution in [-0.4, -0.2) is 20.0 Å². The number of nitrogens with one attached hydrogen (secondary N) is 1. The number of benzene rings is 2. The van der Waals surface area contributed by atoms with Crippen LogP contribution in [0.2, 0.25) is 0 Å². The van der Waals surface area contributed by atoms with Gasteiger partial charge in [-0.1, -0.05) is 24.3 Å². The molecule has 23 heavy (non-hydrogen) atoms. The maximum Gasteiger partial charge on any atom is 0.270 e. The van der Waals surface area contributed by atoms with Crippen LogP contribution in [0.3, 0.4) is 0 Å². The molecule has 0 bridgehead atoms. The molecule has 1 heterocycles. The van der Waals surface area contributed by atoms with Gasteiger partial charge in [-0.2, -0.15) is 0 Å². The molecule has 2 N–H and O–H groups in total. The lowest BCUT2D eigenvalue weighted by molar-refractivity contribution is -0.384. The van der Waals surface area contributed by atoms with Crippen molar-refractivity contribution in [1.82, 2.24) is 9.97 Å². The molecule has 7 nitrogen and oxygen atoms in total. The molecule has 2 aromatic carbocycles. The van der Waals surface area contributed by atoms with Gasteiger partial charge in [0.2, 0.25) is 5.95 Å². The number of aromatic nitrogens is 2. The predicted octanol–water partition coefficient (Wildman–Crippen LogP) is 3.50. The molecule has 0 aliphatic rings. The summed E-state index contributed by atoms with van der Waals surface area (Å²) in [5, 5.41) is 23.5. The summed E-state index contributed by atoms with van der Waals surface area (Å²) >= 11 is 0. The lowest BCUT2D eigenvalue weighted by Gasteiger charge is -2.08. The summed E-state index contributed by atoms with van der Waals surface area (Å²) in [6.07, 6.45) is 1.55. The number of nitro groups is 1. The van der Waals surface area contributed by atoms with Crippen molar-refractivity contribution >= 4 is 17.3 Å². The number of hydrogen-bond acceptors (Lipinski definition) is 6. The zero-order chi connectivity index (χ0) is 16.2. The van der Waals surface area contributed by atoms with Crippen LogP contribution < -0.4 is 5.32 Å². The van der Waals surface area contributed by atoms with Gasteiger partial charge in [-0.25, -0.2) is 9.97 Å². The summed E-state index contributed by atoms with van der Waals surface area (Å²) in [5.74, 6) is 0.368.